The summed E-state index contributed by atoms with van der Waals surface area (Å²) >= 11 is 3.21. The van der Waals surface area contributed by atoms with Crippen molar-refractivity contribution in [2.24, 2.45) is 5.73 Å². The van der Waals surface area contributed by atoms with Crippen LogP contribution in [0, 0.1) is 0 Å². The van der Waals surface area contributed by atoms with Gasteiger partial charge in [0.1, 0.15) is 5.82 Å². The van der Waals surface area contributed by atoms with Crippen molar-refractivity contribution in [2.75, 3.05) is 0 Å². The van der Waals surface area contributed by atoms with E-state index in [0.717, 1.165) is 4.47 Å². The molecular formula is C5H7BrClN3. The summed E-state index contributed by atoms with van der Waals surface area (Å²) in [6, 6.07) is 0. The highest BCUT2D eigenvalue weighted by atomic mass is 79.9. The maximum Gasteiger partial charge on any atom is 0.141 e. The van der Waals surface area contributed by atoms with Crippen molar-refractivity contribution in [3.05, 3.63) is 22.7 Å². The van der Waals surface area contributed by atoms with Crippen LogP contribution in [-0.2, 0) is 6.54 Å². The topological polar surface area (TPSA) is 51.8 Å². The van der Waals surface area contributed by atoms with Crippen LogP contribution in [0.2, 0.25) is 0 Å². The van der Waals surface area contributed by atoms with Crippen molar-refractivity contribution < 1.29 is 0 Å². The Labute approximate surface area is 73.6 Å². The minimum absolute atomic E-state index is 0. The Bertz CT molecular complexity index is 189. The van der Waals surface area contributed by atoms with E-state index in [0.29, 0.717) is 12.4 Å². The van der Waals surface area contributed by atoms with Gasteiger partial charge in [-0.3, -0.25) is 0 Å². The maximum absolute atomic E-state index is 5.26. The summed E-state index contributed by atoms with van der Waals surface area (Å²) in [5.41, 5.74) is 5.26. The maximum atomic E-state index is 5.26. The molecule has 0 aliphatic rings. The molecule has 1 rings (SSSR count). The van der Waals surface area contributed by atoms with Gasteiger partial charge in [-0.15, -0.1) is 12.4 Å². The lowest BCUT2D eigenvalue weighted by atomic mass is 10.6. The molecule has 10 heavy (non-hydrogen) atoms. The van der Waals surface area contributed by atoms with Gasteiger partial charge in [-0.25, -0.2) is 9.97 Å². The molecule has 0 aliphatic heterocycles. The van der Waals surface area contributed by atoms with Gasteiger partial charge < -0.3 is 5.73 Å². The number of hydrogen-bond acceptors (Lipinski definition) is 3. The lowest BCUT2D eigenvalue weighted by molar-refractivity contribution is 0.904. The van der Waals surface area contributed by atoms with Crippen molar-refractivity contribution >= 4 is 28.3 Å². The molecule has 0 saturated carbocycles. The summed E-state index contributed by atoms with van der Waals surface area (Å²) in [5, 5.41) is 0. The highest BCUT2D eigenvalue weighted by Crippen LogP contribution is 2.03. The molecule has 0 amide bonds. The van der Waals surface area contributed by atoms with Gasteiger partial charge in [0.2, 0.25) is 0 Å². The zero-order valence-electron chi connectivity index (χ0n) is 5.12. The van der Waals surface area contributed by atoms with Gasteiger partial charge in [0.05, 0.1) is 11.0 Å². The fraction of sp³-hybridized carbons (Fsp3) is 0.200. The van der Waals surface area contributed by atoms with E-state index in [-0.39, 0.29) is 12.4 Å². The van der Waals surface area contributed by atoms with Gasteiger partial charge in [0.15, 0.2) is 0 Å². The highest BCUT2D eigenvalue weighted by molar-refractivity contribution is 9.10. The van der Waals surface area contributed by atoms with Gasteiger partial charge >= 0.3 is 0 Å². The summed E-state index contributed by atoms with van der Waals surface area (Å²) in [6.45, 7) is 0.396. The van der Waals surface area contributed by atoms with E-state index >= 15 is 0 Å². The number of nitrogens with zero attached hydrogens (tertiary/aromatic N) is 2. The molecule has 3 nitrogen and oxygen atoms in total. The second kappa shape index (κ2) is 4.60. The number of hydrogen-bond donors (Lipinski definition) is 1. The zero-order valence-corrected chi connectivity index (χ0v) is 7.52. The van der Waals surface area contributed by atoms with Crippen molar-refractivity contribution in [3.63, 3.8) is 0 Å². The molecule has 0 bridgehead atoms. The minimum atomic E-state index is 0. The van der Waals surface area contributed by atoms with Crippen LogP contribution in [0.4, 0.5) is 0 Å². The summed E-state index contributed by atoms with van der Waals surface area (Å²) in [5.74, 6) is 0.665. The summed E-state index contributed by atoms with van der Waals surface area (Å²) in [7, 11) is 0. The Balaban J connectivity index is 0.000000810. The van der Waals surface area contributed by atoms with Crippen LogP contribution in [0.1, 0.15) is 5.82 Å². The quantitative estimate of drug-likeness (QED) is 0.778. The SMILES string of the molecule is Cl.NCc1ncc(Br)cn1. The molecule has 5 heteroatoms. The Hall–Kier alpha value is -0.190. The van der Waals surface area contributed by atoms with E-state index < -0.39 is 0 Å². The second-order valence-corrected chi connectivity index (χ2v) is 2.44. The predicted molar refractivity (Wildman–Crippen MR) is 44.9 cm³/mol. The third kappa shape index (κ3) is 2.60. The first-order chi connectivity index (χ1) is 4.33. The molecule has 1 aromatic heterocycles. The van der Waals surface area contributed by atoms with Crippen LogP contribution in [-0.4, -0.2) is 9.97 Å². The van der Waals surface area contributed by atoms with Crippen molar-refractivity contribution in [1.29, 1.82) is 0 Å². The molecule has 1 aromatic rings. The Morgan fingerprint density at radius 1 is 1.40 bits per heavy atom. The van der Waals surface area contributed by atoms with Crippen molar-refractivity contribution in [3.8, 4) is 0 Å². The average molecular weight is 224 g/mol. The van der Waals surface area contributed by atoms with Crippen molar-refractivity contribution in [1.82, 2.24) is 9.97 Å². The standard InChI is InChI=1S/C5H6BrN3.ClH/c6-4-2-8-5(1-7)9-3-4;/h2-3H,1,7H2;1H. The Kier molecular flexibility index (Phi) is 4.51. The van der Waals surface area contributed by atoms with E-state index in [9.17, 15) is 0 Å². The summed E-state index contributed by atoms with van der Waals surface area (Å²) < 4.78 is 0.875. The molecule has 0 spiro atoms. The molecule has 0 aromatic carbocycles. The van der Waals surface area contributed by atoms with Crippen LogP contribution in [0.15, 0.2) is 16.9 Å². The molecule has 56 valence electrons. The van der Waals surface area contributed by atoms with Crippen LogP contribution < -0.4 is 5.73 Å². The molecule has 0 saturated heterocycles. The zero-order chi connectivity index (χ0) is 6.69. The molecule has 0 aliphatic carbocycles. The number of nitrogens with two attached hydrogens (primary N) is 1. The molecule has 0 fully saturated rings. The third-order valence-electron chi connectivity index (χ3n) is 0.856. The third-order valence-corrected chi connectivity index (χ3v) is 1.27. The van der Waals surface area contributed by atoms with Gasteiger partial charge in [-0.05, 0) is 15.9 Å². The van der Waals surface area contributed by atoms with E-state index in [1.165, 1.54) is 0 Å². The predicted octanol–water partition coefficient (Wildman–Crippen LogP) is 1.12. The van der Waals surface area contributed by atoms with Crippen LogP contribution >= 0.6 is 28.3 Å². The lowest BCUT2D eigenvalue weighted by Crippen LogP contribution is -2.01. The van der Waals surface area contributed by atoms with Gasteiger partial charge in [0, 0.05) is 12.4 Å². The molecule has 1 heterocycles. The number of halogens is 2. The van der Waals surface area contributed by atoms with E-state index in [1.54, 1.807) is 12.4 Å². The number of rotatable bonds is 1. The fourth-order valence-electron chi connectivity index (χ4n) is 0.444. The fourth-order valence-corrected chi connectivity index (χ4v) is 0.649. The summed E-state index contributed by atoms with van der Waals surface area (Å²) in [6.07, 6.45) is 3.35. The Morgan fingerprint density at radius 2 is 1.90 bits per heavy atom. The van der Waals surface area contributed by atoms with E-state index in [2.05, 4.69) is 25.9 Å². The molecule has 0 atom stereocenters. The first kappa shape index (κ1) is 9.81. The van der Waals surface area contributed by atoms with Crippen LogP contribution in [0.3, 0.4) is 0 Å². The van der Waals surface area contributed by atoms with E-state index in [4.69, 9.17) is 5.73 Å². The monoisotopic (exact) mass is 223 g/mol. The number of aromatic nitrogens is 2. The minimum Gasteiger partial charge on any atom is -0.324 e. The Morgan fingerprint density at radius 3 is 2.30 bits per heavy atom. The molecule has 2 N–H and O–H groups in total. The molecule has 0 radical (unpaired) electrons. The van der Waals surface area contributed by atoms with Crippen LogP contribution in [0.5, 0.6) is 0 Å². The van der Waals surface area contributed by atoms with Crippen molar-refractivity contribution in [2.45, 2.75) is 6.54 Å². The molecule has 0 unspecified atom stereocenters. The first-order valence-corrected chi connectivity index (χ1v) is 3.28. The smallest absolute Gasteiger partial charge is 0.141 e. The molecular weight excluding hydrogens is 217 g/mol. The van der Waals surface area contributed by atoms with Crippen LogP contribution in [0.25, 0.3) is 0 Å². The van der Waals surface area contributed by atoms with Gasteiger partial charge in [-0.2, -0.15) is 0 Å². The lowest BCUT2D eigenvalue weighted by Gasteiger charge is -1.91. The first-order valence-electron chi connectivity index (χ1n) is 2.49. The average Bonchev–Trinajstić information content (AvgIpc) is 1.90. The van der Waals surface area contributed by atoms with Gasteiger partial charge in [-0.1, -0.05) is 0 Å². The highest BCUT2D eigenvalue weighted by Gasteiger charge is 1.89. The summed E-state index contributed by atoms with van der Waals surface area (Å²) in [4.78, 5) is 7.83. The van der Waals surface area contributed by atoms with Gasteiger partial charge in [0.25, 0.3) is 0 Å². The second-order valence-electron chi connectivity index (χ2n) is 1.52. The normalized spacial score (nSPS) is 8.60. The largest absolute Gasteiger partial charge is 0.324 e. The van der Waals surface area contributed by atoms with E-state index in [1.807, 2.05) is 0 Å².